The maximum absolute atomic E-state index is 13.3. The number of rotatable bonds is 14. The Hall–Kier alpha value is -6.58. The summed E-state index contributed by atoms with van der Waals surface area (Å²) >= 11 is 0. The van der Waals surface area contributed by atoms with Crippen molar-refractivity contribution >= 4 is 57.6 Å². The number of fused-ring (bicyclic) bond motifs is 2. The third kappa shape index (κ3) is 7.17. The van der Waals surface area contributed by atoms with Gasteiger partial charge in [-0.2, -0.15) is 10.2 Å². The van der Waals surface area contributed by atoms with E-state index in [4.69, 9.17) is 11.5 Å². The second-order valence-corrected chi connectivity index (χ2v) is 12.2. The zero-order chi connectivity index (χ0) is 37.1. The maximum atomic E-state index is 13.3. The molecule has 4 aromatic heterocycles. The van der Waals surface area contributed by atoms with Crippen LogP contribution >= 0.6 is 0 Å². The molecule has 52 heavy (non-hydrogen) atoms. The normalized spacial score (nSPS) is 11.5. The number of aromatic nitrogens is 8. The van der Waals surface area contributed by atoms with E-state index in [-0.39, 0.29) is 11.8 Å². The summed E-state index contributed by atoms with van der Waals surface area (Å²) in [7, 11) is 0. The Morgan fingerprint density at radius 2 is 1.06 bits per heavy atom. The molecular weight excluding hydrogens is 664 g/mol. The fourth-order valence-corrected chi connectivity index (χ4v) is 6.12. The Kier molecular flexibility index (Phi) is 9.98. The highest BCUT2D eigenvalue weighted by molar-refractivity contribution is 6.04. The minimum Gasteiger partial charge on any atom is -0.366 e. The van der Waals surface area contributed by atoms with Crippen molar-refractivity contribution in [2.45, 2.75) is 66.7 Å². The highest BCUT2D eigenvalue weighted by Gasteiger charge is 2.20. The van der Waals surface area contributed by atoms with Crippen LogP contribution in [0.3, 0.4) is 0 Å². The van der Waals surface area contributed by atoms with E-state index < -0.39 is 11.8 Å². The number of hydrogen-bond donors (Lipinski definition) is 4. The number of hydrogen-bond acceptors (Lipinski definition) is 8. The van der Waals surface area contributed by atoms with Crippen molar-refractivity contribution < 1.29 is 19.2 Å². The zero-order valence-corrected chi connectivity index (χ0v) is 29.4. The lowest BCUT2D eigenvalue weighted by Gasteiger charge is -2.10. The van der Waals surface area contributed by atoms with Gasteiger partial charge in [-0.05, 0) is 89.1 Å². The highest BCUT2D eigenvalue weighted by Crippen LogP contribution is 2.24. The molecule has 0 fully saturated rings. The summed E-state index contributed by atoms with van der Waals surface area (Å²) in [6.45, 7) is 9.47. The third-order valence-corrected chi connectivity index (χ3v) is 8.59. The predicted octanol–water partition coefficient (Wildman–Crippen LogP) is 4.17. The van der Waals surface area contributed by atoms with Crippen LogP contribution in [-0.2, 0) is 26.2 Å². The molecular formula is C36H40N12O4. The molecule has 16 heteroatoms. The number of primary amides is 2. The van der Waals surface area contributed by atoms with Crippen LogP contribution in [-0.4, -0.2) is 62.3 Å². The number of anilines is 2. The minimum absolute atomic E-state index is 0.314. The van der Waals surface area contributed by atoms with Crippen molar-refractivity contribution in [1.82, 2.24) is 38.7 Å². The molecule has 6 rings (SSSR count). The first-order chi connectivity index (χ1) is 25.0. The molecule has 2 aromatic carbocycles. The number of carbonyl (C=O) groups excluding carboxylic acids is 4. The summed E-state index contributed by atoms with van der Waals surface area (Å²) in [6, 6.07) is 13.5. The number of carbonyl (C=O) groups is 4. The number of aryl methyl sites for hydroxylation is 6. The van der Waals surface area contributed by atoms with Crippen LogP contribution in [0.1, 0.15) is 79.8 Å². The Bertz CT molecular complexity index is 2210. The van der Waals surface area contributed by atoms with Crippen LogP contribution in [0.5, 0.6) is 0 Å². The molecule has 0 aliphatic rings. The van der Waals surface area contributed by atoms with Gasteiger partial charge in [0.1, 0.15) is 11.4 Å². The fraction of sp³-hybridized carbons (Fsp3) is 0.278. The van der Waals surface area contributed by atoms with Gasteiger partial charge in [-0.15, -0.1) is 0 Å². The first-order valence-electron chi connectivity index (χ1n) is 16.9. The molecule has 268 valence electrons. The van der Waals surface area contributed by atoms with E-state index in [1.165, 1.54) is 0 Å². The average molecular weight is 705 g/mol. The Labute approximate surface area is 298 Å². The number of nitrogens with one attached hydrogen (secondary N) is 2. The molecule has 6 N–H and O–H groups in total. The number of allylic oxidation sites excluding steroid dienone is 2. The van der Waals surface area contributed by atoms with Crippen LogP contribution in [0.2, 0.25) is 0 Å². The molecule has 0 aliphatic heterocycles. The molecule has 0 aliphatic carbocycles. The fourth-order valence-electron chi connectivity index (χ4n) is 6.12. The molecule has 0 unspecified atom stereocenters. The van der Waals surface area contributed by atoms with E-state index in [9.17, 15) is 19.2 Å². The van der Waals surface area contributed by atoms with E-state index in [2.05, 4.69) is 30.8 Å². The molecule has 16 nitrogen and oxygen atoms in total. The molecule has 0 atom stereocenters. The van der Waals surface area contributed by atoms with Crippen molar-refractivity contribution in [3.05, 3.63) is 94.6 Å². The number of amides is 4. The Morgan fingerprint density at radius 1 is 0.654 bits per heavy atom. The van der Waals surface area contributed by atoms with Crippen molar-refractivity contribution in [2.24, 2.45) is 11.5 Å². The maximum Gasteiger partial charge on any atom is 0.276 e. The summed E-state index contributed by atoms with van der Waals surface area (Å²) < 4.78 is 7.03. The number of nitrogens with two attached hydrogens (primary N) is 2. The predicted molar refractivity (Wildman–Crippen MR) is 196 cm³/mol. The van der Waals surface area contributed by atoms with E-state index >= 15 is 0 Å². The largest absolute Gasteiger partial charge is 0.366 e. The molecule has 6 aromatic rings. The molecule has 0 saturated heterocycles. The second kappa shape index (κ2) is 14.7. The second-order valence-electron chi connectivity index (χ2n) is 12.2. The molecule has 4 amide bonds. The van der Waals surface area contributed by atoms with Gasteiger partial charge in [0.05, 0.1) is 33.5 Å². The monoisotopic (exact) mass is 704 g/mol. The van der Waals surface area contributed by atoms with Gasteiger partial charge in [0, 0.05) is 37.3 Å². The third-order valence-electron chi connectivity index (χ3n) is 8.59. The smallest absolute Gasteiger partial charge is 0.276 e. The van der Waals surface area contributed by atoms with Gasteiger partial charge in [-0.3, -0.25) is 39.2 Å². The number of nitrogens with zero attached hydrogens (tertiary/aromatic N) is 8. The summed E-state index contributed by atoms with van der Waals surface area (Å²) in [5.74, 6) is -1.18. The van der Waals surface area contributed by atoms with E-state index in [0.29, 0.717) is 84.5 Å². The van der Waals surface area contributed by atoms with Crippen molar-refractivity contribution in [3.8, 4) is 0 Å². The van der Waals surface area contributed by atoms with E-state index in [1.807, 2.05) is 49.0 Å². The minimum atomic E-state index is -0.573. The van der Waals surface area contributed by atoms with Crippen LogP contribution < -0.4 is 22.1 Å². The summed E-state index contributed by atoms with van der Waals surface area (Å²) in [6.07, 6.45) is 5.23. The lowest BCUT2D eigenvalue weighted by atomic mass is 10.2. The number of benzene rings is 2. The highest BCUT2D eigenvalue weighted by atomic mass is 16.2. The average Bonchev–Trinajstić information content (AvgIpc) is 3.87. The van der Waals surface area contributed by atoms with E-state index in [0.717, 1.165) is 22.4 Å². The van der Waals surface area contributed by atoms with Gasteiger partial charge in [0.2, 0.25) is 23.7 Å². The molecule has 0 spiro atoms. The van der Waals surface area contributed by atoms with Crippen molar-refractivity contribution in [2.75, 3.05) is 10.6 Å². The van der Waals surface area contributed by atoms with Crippen molar-refractivity contribution in [1.29, 1.82) is 0 Å². The van der Waals surface area contributed by atoms with Gasteiger partial charge < -0.3 is 20.6 Å². The lowest BCUT2D eigenvalue weighted by molar-refractivity contribution is 0.0992. The lowest BCUT2D eigenvalue weighted by Crippen LogP contribution is -2.20. The summed E-state index contributed by atoms with van der Waals surface area (Å²) in [5, 5.41) is 14.6. The van der Waals surface area contributed by atoms with Gasteiger partial charge >= 0.3 is 0 Å². The van der Waals surface area contributed by atoms with Gasteiger partial charge in [0.15, 0.2) is 0 Å². The zero-order valence-electron chi connectivity index (χ0n) is 29.4. The molecule has 0 bridgehead atoms. The van der Waals surface area contributed by atoms with Crippen LogP contribution in [0, 0.1) is 13.8 Å². The van der Waals surface area contributed by atoms with Crippen LogP contribution in [0.15, 0.2) is 60.7 Å². The first kappa shape index (κ1) is 35.3. The topological polar surface area (TPSA) is 216 Å². The molecule has 0 saturated carbocycles. The standard InChI is InChI=1S/C36H40N12O4/c1-5-47-29(17-21(3)43-47)33(51)41-35-39-25-19-23(31(37)49)11-13-27(25)45(35)15-9-7-8-10-16-46-28-14-12-24(32(38)50)20-26(28)40-36(46)42-34(52)30-18-22(4)44-48(30)6-2/h7-8,11-14,17-20H,5-6,9-10,15-16H2,1-4H3,(H2,37,49)(H2,38,50)(H,39,41,51)(H,40,42,52)/b8-7+. The Balaban J connectivity index is 1.20. The SMILES string of the molecule is CCn1nc(C)cc1C(=O)Nc1nc2cc(C(N)=O)ccc2n1CC/C=C/CCn1c(NC(=O)c2cc(C)nn2CC)nc2cc(C(N)=O)ccc21. The van der Waals surface area contributed by atoms with Crippen molar-refractivity contribution in [3.63, 3.8) is 0 Å². The molecule has 4 heterocycles. The van der Waals surface area contributed by atoms with Gasteiger partial charge in [-0.25, -0.2) is 9.97 Å². The molecule has 0 radical (unpaired) electrons. The Morgan fingerprint density at radius 3 is 1.42 bits per heavy atom. The van der Waals surface area contributed by atoms with Gasteiger partial charge in [-0.1, -0.05) is 12.2 Å². The van der Waals surface area contributed by atoms with Gasteiger partial charge in [0.25, 0.3) is 11.8 Å². The quantitative estimate of drug-likeness (QED) is 0.120. The first-order valence-corrected chi connectivity index (χ1v) is 16.9. The van der Waals surface area contributed by atoms with Crippen LogP contribution in [0.25, 0.3) is 22.1 Å². The summed E-state index contributed by atoms with van der Waals surface area (Å²) in [4.78, 5) is 59.6. The van der Waals surface area contributed by atoms with E-state index in [1.54, 1.807) is 57.9 Å². The number of imidazole rings is 2. The van der Waals surface area contributed by atoms with Crippen LogP contribution in [0.4, 0.5) is 11.9 Å². The summed E-state index contributed by atoms with van der Waals surface area (Å²) in [5.41, 5.74) is 16.4.